The summed E-state index contributed by atoms with van der Waals surface area (Å²) in [5, 5.41) is 35.6. The Balaban J connectivity index is 0.00000403. The molecule has 1 unspecified atom stereocenters. The van der Waals surface area contributed by atoms with Gasteiger partial charge in [0.15, 0.2) is 0 Å². The van der Waals surface area contributed by atoms with Crippen LogP contribution in [-0.4, -0.2) is 116 Å². The number of ether oxygens (including phenoxy) is 1. The number of rotatable bonds is 14. The van der Waals surface area contributed by atoms with Gasteiger partial charge in [-0.3, -0.25) is 20.5 Å². The zero-order valence-corrected chi connectivity index (χ0v) is 40.3. The number of piperidine rings is 1. The molecule has 2 aromatic heterocycles. The van der Waals surface area contributed by atoms with Crippen LogP contribution >= 0.6 is 23.2 Å². The highest BCUT2D eigenvalue weighted by molar-refractivity contribution is 6.35. The Morgan fingerprint density at radius 2 is 1.77 bits per heavy atom. The van der Waals surface area contributed by atoms with E-state index in [-0.39, 0.29) is 0 Å². The number of hydrogen-bond acceptors (Lipinski definition) is 12. The summed E-state index contributed by atoms with van der Waals surface area (Å²) in [6.07, 6.45) is 17.2. The minimum absolute atomic E-state index is 0.315. The van der Waals surface area contributed by atoms with E-state index in [0.717, 1.165) is 118 Å². The average molecular weight is 940 g/mol. The number of hydrogen-bond donors (Lipinski definition) is 7. The van der Waals surface area contributed by atoms with E-state index in [1.807, 2.05) is 44.4 Å². The summed E-state index contributed by atoms with van der Waals surface area (Å²) in [4.78, 5) is 24.2. The predicted molar refractivity (Wildman–Crippen MR) is 274 cm³/mol. The molecule has 0 spiro atoms. The number of aromatic nitrogens is 3. The van der Waals surface area contributed by atoms with Crippen LogP contribution in [0.2, 0.25) is 10.0 Å². The smallest absolute Gasteiger partial charge is 0.135 e. The molecule has 16 heteroatoms. The third-order valence-electron chi connectivity index (χ3n) is 12.0. The molecule has 14 nitrogen and oxygen atoms in total. The van der Waals surface area contributed by atoms with Crippen molar-refractivity contribution in [2.24, 2.45) is 10.9 Å². The SMILES string of the molecule is C=C.C=C(NC)N(CCC=O)C(=N)c1ccc(C2CCN(CC3CCNCC/C=C\C(c4n[nH]c5ccc(O[C@H](C)c6c(Cl)cncc6Cl)cc45)=C/NC=NCCNCC3)CC2)cc1NC. The fraction of sp³-hybridized carbons (Fsp3) is 0.420. The van der Waals surface area contributed by atoms with Crippen molar-refractivity contribution in [3.8, 4) is 5.75 Å². The van der Waals surface area contributed by atoms with Crippen molar-refractivity contribution in [2.45, 2.75) is 57.5 Å². The van der Waals surface area contributed by atoms with Crippen LogP contribution in [0.1, 0.15) is 79.9 Å². The third kappa shape index (κ3) is 14.5. The molecular formula is C50H68Cl2N12O2. The van der Waals surface area contributed by atoms with Crippen LogP contribution in [0.3, 0.4) is 0 Å². The lowest BCUT2D eigenvalue weighted by Gasteiger charge is -2.35. The normalized spacial score (nSPS) is 18.7. The van der Waals surface area contributed by atoms with Crippen LogP contribution in [-0.2, 0) is 4.79 Å². The highest BCUT2D eigenvalue weighted by Gasteiger charge is 2.25. The van der Waals surface area contributed by atoms with E-state index in [1.54, 1.807) is 30.7 Å². The van der Waals surface area contributed by atoms with E-state index in [9.17, 15) is 4.79 Å². The first-order chi connectivity index (χ1) is 32.2. The van der Waals surface area contributed by atoms with Gasteiger partial charge in [-0.1, -0.05) is 48.0 Å². The highest BCUT2D eigenvalue weighted by Crippen LogP contribution is 2.35. The lowest BCUT2D eigenvalue weighted by Crippen LogP contribution is -2.38. The van der Waals surface area contributed by atoms with Crippen LogP contribution in [0.5, 0.6) is 5.75 Å². The maximum absolute atomic E-state index is 11.1. The number of amidine groups is 1. The van der Waals surface area contributed by atoms with Crippen LogP contribution in [0.25, 0.3) is 16.5 Å². The fourth-order valence-electron chi connectivity index (χ4n) is 8.41. The van der Waals surface area contributed by atoms with Gasteiger partial charge in [0.25, 0.3) is 0 Å². The van der Waals surface area contributed by atoms with Crippen LogP contribution < -0.4 is 31.3 Å². The van der Waals surface area contributed by atoms with Crippen LogP contribution in [0.15, 0.2) is 97.7 Å². The van der Waals surface area contributed by atoms with Crippen LogP contribution in [0.4, 0.5) is 5.69 Å². The number of aliphatic imine (C=N–C) groups is 1. The molecule has 66 heavy (non-hydrogen) atoms. The summed E-state index contributed by atoms with van der Waals surface area (Å²) in [5.74, 6) is 2.61. The molecule has 2 aliphatic heterocycles. The van der Waals surface area contributed by atoms with E-state index in [0.29, 0.717) is 64.4 Å². The first-order valence-electron chi connectivity index (χ1n) is 22.9. The second-order valence-corrected chi connectivity index (χ2v) is 17.1. The Bertz CT molecular complexity index is 2270. The number of fused-ring (bicyclic) bond motifs is 1. The number of aromatic amines is 1. The molecule has 2 aromatic carbocycles. The molecule has 0 saturated carbocycles. The predicted octanol–water partition coefficient (Wildman–Crippen LogP) is 8.53. The lowest BCUT2D eigenvalue weighted by molar-refractivity contribution is -0.107. The zero-order chi connectivity index (χ0) is 47.3. The minimum Gasteiger partial charge on any atom is -0.486 e. The molecule has 2 aliphatic rings. The van der Waals surface area contributed by atoms with E-state index < -0.39 is 6.10 Å². The molecule has 1 saturated heterocycles. The molecular weight excluding hydrogens is 872 g/mol. The van der Waals surface area contributed by atoms with E-state index >= 15 is 0 Å². The van der Waals surface area contributed by atoms with Gasteiger partial charge in [0.2, 0.25) is 0 Å². The molecule has 0 bridgehead atoms. The van der Waals surface area contributed by atoms with Crippen molar-refractivity contribution in [2.75, 3.05) is 78.3 Å². The molecule has 6 rings (SSSR count). The van der Waals surface area contributed by atoms with Crippen molar-refractivity contribution >= 4 is 63.8 Å². The number of nitrogens with one attached hydrogen (secondary N) is 7. The maximum atomic E-state index is 11.1. The Morgan fingerprint density at radius 3 is 2.48 bits per heavy atom. The van der Waals surface area contributed by atoms with Gasteiger partial charge in [-0.15, -0.1) is 13.2 Å². The van der Waals surface area contributed by atoms with Crippen molar-refractivity contribution in [1.82, 2.24) is 46.2 Å². The first-order valence-corrected chi connectivity index (χ1v) is 23.6. The Morgan fingerprint density at radius 1 is 1.03 bits per heavy atom. The summed E-state index contributed by atoms with van der Waals surface area (Å²) in [5.41, 5.74) is 6.29. The van der Waals surface area contributed by atoms with Gasteiger partial charge in [-0.05, 0) is 119 Å². The molecule has 4 heterocycles. The standard InChI is InChI=1S/C48H64Cl2N12O2.C2H4/c1-33(46-42(49)29-57-30-43(46)50)64-39-10-12-44-41(27-39)47(60-59-44)38-8-5-6-17-54-18-13-35(14-19-55-20-21-56-32-58-28-38)31-61-23-15-36(16-24-61)37-9-11-40(45(26-37)53-4)48(51)62(22-7-25-63)34(2)52-3;1-2/h5,8-12,25-30,32-33,35-36,51-55H,2,6-7,13-24,31H2,1,3-4H3,(H,56,58)(H,59,60);1-2H2/b8-5-,38-28+,51-48?;/t33-,35?;/m1./s1. The Labute approximate surface area is 400 Å². The monoisotopic (exact) mass is 938 g/mol. The number of H-pyrrole nitrogens is 1. The molecule has 1 fully saturated rings. The van der Waals surface area contributed by atoms with Crippen molar-refractivity contribution in [1.29, 1.82) is 5.41 Å². The summed E-state index contributed by atoms with van der Waals surface area (Å²) in [7, 11) is 3.67. The number of likely N-dealkylation sites (tertiary alicyclic amines) is 1. The van der Waals surface area contributed by atoms with Gasteiger partial charge < -0.3 is 45.9 Å². The quantitative estimate of drug-likeness (QED) is 0.0280. The van der Waals surface area contributed by atoms with Gasteiger partial charge in [0.1, 0.15) is 29.7 Å². The van der Waals surface area contributed by atoms with Crippen molar-refractivity contribution in [3.63, 3.8) is 0 Å². The molecule has 4 aromatic rings. The number of carbonyl (C=O) groups excluding carboxylic acids is 1. The van der Waals surface area contributed by atoms with Crippen molar-refractivity contribution < 1.29 is 9.53 Å². The largest absolute Gasteiger partial charge is 0.486 e. The van der Waals surface area contributed by atoms with E-state index in [1.165, 1.54) is 5.56 Å². The average Bonchev–Trinajstić information content (AvgIpc) is 3.75. The number of carbonyl (C=O) groups is 1. The zero-order valence-electron chi connectivity index (χ0n) is 38.8. The number of nitrogens with zero attached hydrogens (tertiary/aromatic N) is 5. The number of benzene rings is 2. The van der Waals surface area contributed by atoms with Gasteiger partial charge in [-0.2, -0.15) is 5.10 Å². The van der Waals surface area contributed by atoms with Gasteiger partial charge in [0, 0.05) is 86.5 Å². The van der Waals surface area contributed by atoms with E-state index in [4.69, 9.17) is 38.4 Å². The van der Waals surface area contributed by atoms with Crippen LogP contribution in [0, 0.1) is 11.3 Å². The molecule has 0 radical (unpaired) electrons. The molecule has 354 valence electrons. The highest BCUT2D eigenvalue weighted by atomic mass is 35.5. The first kappa shape index (κ1) is 51.5. The van der Waals surface area contributed by atoms with Gasteiger partial charge in [0.05, 0.1) is 34.3 Å². The summed E-state index contributed by atoms with van der Waals surface area (Å²) in [6.45, 7) is 19.8. The summed E-state index contributed by atoms with van der Waals surface area (Å²) >= 11 is 12.8. The number of aldehydes is 1. The third-order valence-corrected chi connectivity index (χ3v) is 12.6. The lowest BCUT2D eigenvalue weighted by atomic mass is 9.87. The maximum Gasteiger partial charge on any atom is 0.135 e. The molecule has 0 aliphatic carbocycles. The summed E-state index contributed by atoms with van der Waals surface area (Å²) < 4.78 is 6.32. The van der Waals surface area contributed by atoms with Gasteiger partial charge in [-0.25, -0.2) is 0 Å². The molecule has 2 atom stereocenters. The number of pyridine rings is 1. The number of allylic oxidation sites excluding steroid dienone is 2. The molecule has 0 amide bonds. The minimum atomic E-state index is -0.393. The second kappa shape index (κ2) is 27.2. The Kier molecular flexibility index (Phi) is 21.2. The number of anilines is 1. The second-order valence-electron chi connectivity index (χ2n) is 16.3. The molecule has 7 N–H and O–H groups in total. The number of halogens is 2. The van der Waals surface area contributed by atoms with E-state index in [2.05, 4.69) is 90.6 Å². The summed E-state index contributed by atoms with van der Waals surface area (Å²) in [6, 6.07) is 12.3. The fourth-order valence-corrected chi connectivity index (χ4v) is 9.09. The van der Waals surface area contributed by atoms with Gasteiger partial charge >= 0.3 is 0 Å². The Hall–Kier alpha value is -5.51. The van der Waals surface area contributed by atoms with Crippen molar-refractivity contribution in [3.05, 3.63) is 125 Å². The topological polar surface area (TPSA) is 171 Å².